The van der Waals surface area contributed by atoms with E-state index in [-0.39, 0.29) is 5.92 Å². The number of carbonyl (C=O) groups is 1. The summed E-state index contributed by atoms with van der Waals surface area (Å²) in [5, 5.41) is 18.3. The molecule has 70 valence electrons. The van der Waals surface area contributed by atoms with Gasteiger partial charge < -0.3 is 14.9 Å². The van der Waals surface area contributed by atoms with E-state index in [9.17, 15) is 9.90 Å². The molecule has 2 unspecified atom stereocenters. The third-order valence-corrected chi connectivity index (χ3v) is 2.31. The van der Waals surface area contributed by atoms with Crippen LogP contribution in [0.5, 0.6) is 0 Å². The van der Waals surface area contributed by atoms with Crippen LogP contribution in [-0.4, -0.2) is 35.0 Å². The van der Waals surface area contributed by atoms with E-state index in [0.29, 0.717) is 6.61 Å². The Balaban J connectivity index is 2.72. The molecular formula is C8H14O4. The van der Waals surface area contributed by atoms with Gasteiger partial charge in [-0.15, -0.1) is 0 Å². The highest BCUT2D eigenvalue weighted by molar-refractivity contribution is 5.86. The Labute approximate surface area is 71.2 Å². The first-order chi connectivity index (χ1) is 5.61. The first-order valence-corrected chi connectivity index (χ1v) is 4.11. The molecule has 0 bridgehead atoms. The Bertz CT molecular complexity index is 180. The van der Waals surface area contributed by atoms with Gasteiger partial charge in [0.1, 0.15) is 6.61 Å². The van der Waals surface area contributed by atoms with Gasteiger partial charge in [0, 0.05) is 5.92 Å². The van der Waals surface area contributed by atoms with Crippen LogP contribution in [0.2, 0.25) is 0 Å². The van der Waals surface area contributed by atoms with Crippen molar-refractivity contribution in [2.45, 2.75) is 25.6 Å². The lowest BCUT2D eigenvalue weighted by Crippen LogP contribution is -2.51. The molecule has 1 aliphatic rings. The van der Waals surface area contributed by atoms with Crippen molar-refractivity contribution in [3.63, 3.8) is 0 Å². The number of Topliss-reactive ketones (excluding diaryl/α,β-unsaturated/α-hetero) is 1. The summed E-state index contributed by atoms with van der Waals surface area (Å²) < 4.78 is 4.98. The van der Waals surface area contributed by atoms with E-state index in [1.807, 2.05) is 0 Å². The monoisotopic (exact) mass is 174 g/mol. The highest BCUT2D eigenvalue weighted by Crippen LogP contribution is 2.29. The van der Waals surface area contributed by atoms with Crippen LogP contribution in [0.4, 0.5) is 0 Å². The van der Waals surface area contributed by atoms with Gasteiger partial charge in [-0.3, -0.25) is 4.79 Å². The van der Waals surface area contributed by atoms with E-state index in [4.69, 9.17) is 9.84 Å². The van der Waals surface area contributed by atoms with Crippen molar-refractivity contribution in [3.8, 4) is 0 Å². The summed E-state index contributed by atoms with van der Waals surface area (Å²) in [6.07, 6.45) is 1.60. The highest BCUT2D eigenvalue weighted by atomic mass is 16.6. The van der Waals surface area contributed by atoms with Gasteiger partial charge in [-0.05, 0) is 12.8 Å². The van der Waals surface area contributed by atoms with Crippen LogP contribution in [0.15, 0.2) is 0 Å². The average Bonchev–Trinajstić information content (AvgIpc) is 2.09. The molecule has 2 N–H and O–H groups in total. The predicted molar refractivity (Wildman–Crippen MR) is 41.4 cm³/mol. The van der Waals surface area contributed by atoms with Crippen molar-refractivity contribution in [1.82, 2.24) is 0 Å². The van der Waals surface area contributed by atoms with Gasteiger partial charge in [-0.2, -0.15) is 0 Å². The van der Waals surface area contributed by atoms with Gasteiger partial charge in [0.2, 0.25) is 11.6 Å². The van der Waals surface area contributed by atoms with E-state index >= 15 is 0 Å². The molecule has 0 radical (unpaired) electrons. The van der Waals surface area contributed by atoms with Crippen LogP contribution in [0.25, 0.3) is 0 Å². The van der Waals surface area contributed by atoms with Crippen molar-refractivity contribution < 1.29 is 19.7 Å². The molecule has 1 fully saturated rings. The van der Waals surface area contributed by atoms with Crippen molar-refractivity contribution in [2.24, 2.45) is 5.92 Å². The minimum Gasteiger partial charge on any atom is -0.388 e. The van der Waals surface area contributed by atoms with Crippen LogP contribution in [-0.2, 0) is 9.53 Å². The SMILES string of the molecule is CC1CCCOC1(O)C(=O)CO. The fourth-order valence-electron chi connectivity index (χ4n) is 1.42. The second-order valence-corrected chi connectivity index (χ2v) is 3.17. The van der Waals surface area contributed by atoms with Gasteiger partial charge in [-0.1, -0.05) is 6.92 Å². The largest absolute Gasteiger partial charge is 0.388 e. The van der Waals surface area contributed by atoms with E-state index in [1.54, 1.807) is 6.92 Å². The second kappa shape index (κ2) is 3.51. The minimum atomic E-state index is -1.74. The molecule has 0 saturated carbocycles. The van der Waals surface area contributed by atoms with Crippen LogP contribution in [0.3, 0.4) is 0 Å². The van der Waals surface area contributed by atoms with Gasteiger partial charge in [0.05, 0.1) is 6.61 Å². The molecule has 0 aromatic heterocycles. The minimum absolute atomic E-state index is 0.231. The summed E-state index contributed by atoms with van der Waals surface area (Å²) in [5.41, 5.74) is 0. The van der Waals surface area contributed by atoms with E-state index in [2.05, 4.69) is 0 Å². The van der Waals surface area contributed by atoms with Crippen molar-refractivity contribution in [2.75, 3.05) is 13.2 Å². The van der Waals surface area contributed by atoms with Crippen molar-refractivity contribution >= 4 is 5.78 Å². The molecule has 2 atom stereocenters. The van der Waals surface area contributed by atoms with Gasteiger partial charge in [-0.25, -0.2) is 0 Å². The van der Waals surface area contributed by atoms with E-state index in [0.717, 1.165) is 12.8 Å². The van der Waals surface area contributed by atoms with E-state index < -0.39 is 18.2 Å². The molecule has 4 nitrogen and oxygen atoms in total. The molecule has 4 heteroatoms. The summed E-state index contributed by atoms with van der Waals surface area (Å²) in [4.78, 5) is 11.1. The fraction of sp³-hybridized carbons (Fsp3) is 0.875. The van der Waals surface area contributed by atoms with Gasteiger partial charge >= 0.3 is 0 Å². The summed E-state index contributed by atoms with van der Waals surface area (Å²) in [6, 6.07) is 0. The summed E-state index contributed by atoms with van der Waals surface area (Å²) in [5.74, 6) is -2.62. The smallest absolute Gasteiger partial charge is 0.231 e. The quantitative estimate of drug-likeness (QED) is 0.602. The Hall–Kier alpha value is -0.450. The maximum Gasteiger partial charge on any atom is 0.231 e. The van der Waals surface area contributed by atoms with Crippen LogP contribution >= 0.6 is 0 Å². The Morgan fingerprint density at radius 3 is 2.92 bits per heavy atom. The zero-order chi connectivity index (χ0) is 9.19. The zero-order valence-electron chi connectivity index (χ0n) is 7.12. The number of hydrogen-bond acceptors (Lipinski definition) is 4. The number of ether oxygens (including phenoxy) is 1. The molecule has 1 aliphatic heterocycles. The lowest BCUT2D eigenvalue weighted by atomic mass is 9.90. The lowest BCUT2D eigenvalue weighted by molar-refractivity contribution is -0.242. The van der Waals surface area contributed by atoms with Crippen molar-refractivity contribution in [3.05, 3.63) is 0 Å². The standard InChI is InChI=1S/C8H14O4/c1-6-3-2-4-12-8(6,11)7(10)5-9/h6,9,11H,2-5H2,1H3. The number of rotatable bonds is 2. The first-order valence-electron chi connectivity index (χ1n) is 4.11. The fourth-order valence-corrected chi connectivity index (χ4v) is 1.42. The maximum absolute atomic E-state index is 11.1. The number of aliphatic hydroxyl groups is 2. The molecule has 0 aliphatic carbocycles. The van der Waals surface area contributed by atoms with Crippen LogP contribution in [0, 0.1) is 5.92 Å². The predicted octanol–water partition coefficient (Wildman–Crippen LogP) is -0.317. The second-order valence-electron chi connectivity index (χ2n) is 3.17. The molecule has 1 saturated heterocycles. The number of ketones is 1. The highest BCUT2D eigenvalue weighted by Gasteiger charge is 2.43. The van der Waals surface area contributed by atoms with E-state index in [1.165, 1.54) is 0 Å². The summed E-state index contributed by atoms with van der Waals surface area (Å²) in [6.45, 7) is 1.46. The zero-order valence-corrected chi connectivity index (χ0v) is 7.12. The normalized spacial score (nSPS) is 36.4. The topological polar surface area (TPSA) is 66.8 Å². The number of carbonyl (C=O) groups excluding carboxylic acids is 1. The molecule has 12 heavy (non-hydrogen) atoms. The summed E-state index contributed by atoms with van der Waals surface area (Å²) in [7, 11) is 0. The van der Waals surface area contributed by atoms with Crippen LogP contribution < -0.4 is 0 Å². The maximum atomic E-state index is 11.1. The molecule has 0 spiro atoms. The Morgan fingerprint density at radius 1 is 1.75 bits per heavy atom. The Morgan fingerprint density at radius 2 is 2.42 bits per heavy atom. The molecule has 0 aromatic rings. The van der Waals surface area contributed by atoms with Crippen molar-refractivity contribution in [1.29, 1.82) is 0 Å². The average molecular weight is 174 g/mol. The first kappa shape index (κ1) is 9.64. The number of hydrogen-bond donors (Lipinski definition) is 2. The third kappa shape index (κ3) is 1.50. The molecular weight excluding hydrogens is 160 g/mol. The van der Waals surface area contributed by atoms with Crippen LogP contribution in [0.1, 0.15) is 19.8 Å². The number of aliphatic hydroxyl groups excluding tert-OH is 1. The van der Waals surface area contributed by atoms with Gasteiger partial charge in [0.25, 0.3) is 0 Å². The molecule has 1 rings (SSSR count). The lowest BCUT2D eigenvalue weighted by Gasteiger charge is -2.35. The van der Waals surface area contributed by atoms with Gasteiger partial charge in [0.15, 0.2) is 0 Å². The third-order valence-electron chi connectivity index (χ3n) is 2.31. The summed E-state index contributed by atoms with van der Waals surface area (Å²) >= 11 is 0. The Kier molecular flexibility index (Phi) is 2.82. The molecule has 0 aromatic carbocycles. The molecule has 0 amide bonds. The molecule has 1 heterocycles.